The van der Waals surface area contributed by atoms with Gasteiger partial charge in [0.1, 0.15) is 5.75 Å². The number of nitrogens with zero attached hydrogens (tertiary/aromatic N) is 3. The van der Waals surface area contributed by atoms with Crippen molar-refractivity contribution in [3.8, 4) is 11.6 Å². The van der Waals surface area contributed by atoms with E-state index in [1.54, 1.807) is 12.5 Å². The largest absolute Gasteiger partial charge is 0.437 e. The summed E-state index contributed by atoms with van der Waals surface area (Å²) in [5.74, 6) is 1.30. The summed E-state index contributed by atoms with van der Waals surface area (Å²) in [4.78, 5) is 8.60. The molecule has 5 heteroatoms. The number of imidazole rings is 1. The molecule has 4 nitrogen and oxygen atoms in total. The first-order chi connectivity index (χ1) is 9.15. The molecule has 1 aromatic carbocycles. The van der Waals surface area contributed by atoms with Gasteiger partial charge in [-0.15, -0.1) is 0 Å². The SMILES string of the molecule is Cc1ccc(Br)cc1Oc1nccc2c1ncn2C. The molecule has 2 heterocycles. The Morgan fingerprint density at radius 1 is 1.21 bits per heavy atom. The average Bonchev–Trinajstić information content (AvgIpc) is 2.77. The molecule has 0 amide bonds. The van der Waals surface area contributed by atoms with E-state index in [0.717, 1.165) is 26.8 Å². The summed E-state index contributed by atoms with van der Waals surface area (Å²) in [6.07, 6.45) is 3.49. The summed E-state index contributed by atoms with van der Waals surface area (Å²) in [5.41, 5.74) is 2.82. The normalized spacial score (nSPS) is 10.9. The van der Waals surface area contributed by atoms with Crippen LogP contribution in [0.15, 0.2) is 41.3 Å². The van der Waals surface area contributed by atoms with Crippen LogP contribution in [0.1, 0.15) is 5.56 Å². The van der Waals surface area contributed by atoms with E-state index in [4.69, 9.17) is 4.74 Å². The zero-order chi connectivity index (χ0) is 13.4. The molecule has 0 bridgehead atoms. The van der Waals surface area contributed by atoms with Gasteiger partial charge in [-0.3, -0.25) is 0 Å². The number of hydrogen-bond acceptors (Lipinski definition) is 3. The van der Waals surface area contributed by atoms with Crippen molar-refractivity contribution >= 4 is 27.0 Å². The molecule has 96 valence electrons. The third-order valence-electron chi connectivity index (χ3n) is 2.97. The predicted octanol–water partition coefficient (Wildman–Crippen LogP) is 3.83. The van der Waals surface area contributed by atoms with Crippen molar-refractivity contribution in [3.63, 3.8) is 0 Å². The number of rotatable bonds is 2. The highest BCUT2D eigenvalue weighted by Crippen LogP contribution is 2.30. The fourth-order valence-electron chi connectivity index (χ4n) is 1.90. The molecule has 0 N–H and O–H groups in total. The lowest BCUT2D eigenvalue weighted by Crippen LogP contribution is -1.92. The van der Waals surface area contributed by atoms with Crippen molar-refractivity contribution < 1.29 is 4.74 Å². The monoisotopic (exact) mass is 317 g/mol. The maximum atomic E-state index is 5.90. The first-order valence-electron chi connectivity index (χ1n) is 5.85. The van der Waals surface area contributed by atoms with Gasteiger partial charge in [-0.2, -0.15) is 0 Å². The molecule has 0 aliphatic carbocycles. The number of ether oxygens (including phenoxy) is 1. The molecule has 0 unspecified atom stereocenters. The Hall–Kier alpha value is -1.88. The number of halogens is 1. The van der Waals surface area contributed by atoms with Crippen molar-refractivity contribution in [1.29, 1.82) is 0 Å². The molecule has 0 radical (unpaired) electrons. The summed E-state index contributed by atoms with van der Waals surface area (Å²) >= 11 is 3.44. The van der Waals surface area contributed by atoms with Gasteiger partial charge in [-0.25, -0.2) is 9.97 Å². The Morgan fingerprint density at radius 3 is 2.89 bits per heavy atom. The van der Waals surface area contributed by atoms with Crippen LogP contribution in [0.25, 0.3) is 11.0 Å². The van der Waals surface area contributed by atoms with Crippen LogP contribution in [0.5, 0.6) is 11.6 Å². The summed E-state index contributed by atoms with van der Waals surface area (Å²) in [6, 6.07) is 7.83. The van der Waals surface area contributed by atoms with Gasteiger partial charge in [0.05, 0.1) is 11.8 Å². The first kappa shape index (κ1) is 12.2. The van der Waals surface area contributed by atoms with E-state index in [9.17, 15) is 0 Å². The highest BCUT2D eigenvalue weighted by molar-refractivity contribution is 9.10. The lowest BCUT2D eigenvalue weighted by molar-refractivity contribution is 0.464. The second kappa shape index (κ2) is 4.66. The summed E-state index contributed by atoms with van der Waals surface area (Å²) in [6.45, 7) is 2.00. The number of benzene rings is 1. The van der Waals surface area contributed by atoms with Gasteiger partial charge in [0.25, 0.3) is 0 Å². The van der Waals surface area contributed by atoms with Crippen molar-refractivity contribution in [2.45, 2.75) is 6.92 Å². The topological polar surface area (TPSA) is 39.9 Å². The number of fused-ring (bicyclic) bond motifs is 1. The quantitative estimate of drug-likeness (QED) is 0.721. The van der Waals surface area contributed by atoms with Crippen LogP contribution in [0.4, 0.5) is 0 Å². The standard InChI is InChI=1S/C14H12BrN3O/c1-9-3-4-10(15)7-12(9)19-14-13-11(5-6-16-14)18(2)8-17-13/h3-8H,1-2H3. The molecule has 0 saturated carbocycles. The summed E-state index contributed by atoms with van der Waals surface area (Å²) in [5, 5.41) is 0. The number of aromatic nitrogens is 3. The van der Waals surface area contributed by atoms with Gasteiger partial charge in [-0.05, 0) is 30.7 Å². The minimum absolute atomic E-state index is 0.527. The van der Waals surface area contributed by atoms with Crippen LogP contribution < -0.4 is 4.74 Å². The maximum absolute atomic E-state index is 5.90. The smallest absolute Gasteiger partial charge is 0.247 e. The summed E-state index contributed by atoms with van der Waals surface area (Å²) < 4.78 is 8.82. The molecule has 0 spiro atoms. The molecule has 0 aliphatic heterocycles. The summed E-state index contributed by atoms with van der Waals surface area (Å²) in [7, 11) is 1.95. The third-order valence-corrected chi connectivity index (χ3v) is 3.46. The highest BCUT2D eigenvalue weighted by atomic mass is 79.9. The van der Waals surface area contributed by atoms with Crippen molar-refractivity contribution in [1.82, 2.24) is 14.5 Å². The Bertz CT molecular complexity index is 752. The van der Waals surface area contributed by atoms with Crippen LogP contribution >= 0.6 is 15.9 Å². The van der Waals surface area contributed by atoms with Crippen LogP contribution in [0, 0.1) is 6.92 Å². The zero-order valence-corrected chi connectivity index (χ0v) is 12.2. The fourth-order valence-corrected chi connectivity index (χ4v) is 2.24. The van der Waals surface area contributed by atoms with Crippen LogP contribution in [0.3, 0.4) is 0 Å². The maximum Gasteiger partial charge on any atom is 0.247 e. The molecule has 0 saturated heterocycles. The fraction of sp³-hybridized carbons (Fsp3) is 0.143. The van der Waals surface area contributed by atoms with Crippen LogP contribution in [-0.2, 0) is 7.05 Å². The molecular formula is C14H12BrN3O. The van der Waals surface area contributed by atoms with Crippen LogP contribution in [0.2, 0.25) is 0 Å². The average molecular weight is 318 g/mol. The Labute approximate surface area is 119 Å². The van der Waals surface area contributed by atoms with E-state index < -0.39 is 0 Å². The van der Waals surface area contributed by atoms with Crippen molar-refractivity contribution in [2.75, 3.05) is 0 Å². The number of hydrogen-bond donors (Lipinski definition) is 0. The molecule has 0 atom stereocenters. The van der Waals surface area contributed by atoms with Gasteiger partial charge in [0, 0.05) is 17.7 Å². The number of pyridine rings is 1. The molecule has 2 aromatic heterocycles. The van der Waals surface area contributed by atoms with Gasteiger partial charge in [0.15, 0.2) is 5.52 Å². The van der Waals surface area contributed by atoms with E-state index in [-0.39, 0.29) is 0 Å². The molecule has 3 rings (SSSR count). The van der Waals surface area contributed by atoms with E-state index >= 15 is 0 Å². The Kier molecular flexibility index (Phi) is 2.98. The van der Waals surface area contributed by atoms with Gasteiger partial charge >= 0.3 is 0 Å². The minimum atomic E-state index is 0.527. The molecule has 19 heavy (non-hydrogen) atoms. The van der Waals surface area contributed by atoms with E-state index in [2.05, 4.69) is 25.9 Å². The molecule has 0 fully saturated rings. The molecule has 3 aromatic rings. The van der Waals surface area contributed by atoms with Gasteiger partial charge in [0.2, 0.25) is 5.88 Å². The number of aryl methyl sites for hydroxylation is 2. The van der Waals surface area contributed by atoms with E-state index in [1.807, 2.05) is 42.8 Å². The lowest BCUT2D eigenvalue weighted by Gasteiger charge is -2.08. The van der Waals surface area contributed by atoms with Gasteiger partial charge < -0.3 is 9.30 Å². The first-order valence-corrected chi connectivity index (χ1v) is 6.64. The van der Waals surface area contributed by atoms with E-state index in [0.29, 0.717) is 5.88 Å². The molecular weight excluding hydrogens is 306 g/mol. The Morgan fingerprint density at radius 2 is 2.05 bits per heavy atom. The predicted molar refractivity (Wildman–Crippen MR) is 77.5 cm³/mol. The van der Waals surface area contributed by atoms with Gasteiger partial charge in [-0.1, -0.05) is 22.0 Å². The Balaban J connectivity index is 2.08. The minimum Gasteiger partial charge on any atom is -0.437 e. The second-order valence-electron chi connectivity index (χ2n) is 4.35. The second-order valence-corrected chi connectivity index (χ2v) is 5.27. The van der Waals surface area contributed by atoms with Crippen LogP contribution in [-0.4, -0.2) is 14.5 Å². The molecule has 0 aliphatic rings. The lowest BCUT2D eigenvalue weighted by atomic mass is 10.2. The highest BCUT2D eigenvalue weighted by Gasteiger charge is 2.10. The van der Waals surface area contributed by atoms with E-state index in [1.165, 1.54) is 0 Å². The third kappa shape index (κ3) is 2.21. The van der Waals surface area contributed by atoms with Crippen molar-refractivity contribution in [2.24, 2.45) is 7.05 Å². The zero-order valence-electron chi connectivity index (χ0n) is 10.6. The van der Waals surface area contributed by atoms with Crippen molar-refractivity contribution in [3.05, 3.63) is 46.8 Å².